The SMILES string of the molecule is c1cc(-c2ccc3c(c2)sc2cc4c(cc23)sc2ccccc24)cc(-c2c3ccccc3c(-c3cccc4ccccc34)c3ccccc23)c1. The quantitative estimate of drug-likeness (QED) is 0.164. The number of hydrogen-bond acceptors (Lipinski definition) is 2. The maximum atomic E-state index is 2.41. The van der Waals surface area contributed by atoms with E-state index >= 15 is 0 Å². The van der Waals surface area contributed by atoms with Crippen LogP contribution < -0.4 is 0 Å². The van der Waals surface area contributed by atoms with Gasteiger partial charge in [-0.05, 0) is 96.0 Å². The highest BCUT2D eigenvalue weighted by atomic mass is 32.1. The van der Waals surface area contributed by atoms with Gasteiger partial charge in [-0.3, -0.25) is 0 Å². The summed E-state index contributed by atoms with van der Waals surface area (Å²) < 4.78 is 5.41. The highest BCUT2D eigenvalue weighted by Gasteiger charge is 2.18. The lowest BCUT2D eigenvalue weighted by Crippen LogP contribution is -1.92. The van der Waals surface area contributed by atoms with E-state index in [0.717, 1.165) is 0 Å². The molecule has 2 heteroatoms. The first-order valence-corrected chi connectivity index (χ1v) is 18.7. The molecule has 11 aromatic rings. The molecule has 50 heavy (non-hydrogen) atoms. The molecule has 0 saturated carbocycles. The molecule has 0 saturated heterocycles. The zero-order valence-electron chi connectivity index (χ0n) is 27.0. The van der Waals surface area contributed by atoms with E-state index in [1.165, 1.54) is 106 Å². The van der Waals surface area contributed by atoms with Crippen LogP contribution >= 0.6 is 22.7 Å². The summed E-state index contributed by atoms with van der Waals surface area (Å²) in [4.78, 5) is 0. The van der Waals surface area contributed by atoms with E-state index in [0.29, 0.717) is 0 Å². The Morgan fingerprint density at radius 3 is 1.50 bits per heavy atom. The molecule has 0 spiro atoms. The number of rotatable bonds is 3. The van der Waals surface area contributed by atoms with E-state index in [1.807, 2.05) is 22.7 Å². The summed E-state index contributed by atoms with van der Waals surface area (Å²) in [5, 5.41) is 13.1. The molecule has 2 aromatic heterocycles. The maximum Gasteiger partial charge on any atom is 0.0362 e. The van der Waals surface area contributed by atoms with Crippen molar-refractivity contribution in [2.45, 2.75) is 0 Å². The van der Waals surface area contributed by atoms with Crippen molar-refractivity contribution >= 4 is 95.3 Å². The fourth-order valence-corrected chi connectivity index (χ4v) is 10.5. The van der Waals surface area contributed by atoms with E-state index in [2.05, 4.69) is 170 Å². The lowest BCUT2D eigenvalue weighted by molar-refractivity contribution is 1.63. The summed E-state index contributed by atoms with van der Waals surface area (Å²) in [6.07, 6.45) is 0. The number of benzene rings is 9. The minimum absolute atomic E-state index is 1.24. The van der Waals surface area contributed by atoms with Gasteiger partial charge in [0, 0.05) is 40.3 Å². The number of thiophene rings is 2. The van der Waals surface area contributed by atoms with Crippen molar-refractivity contribution in [3.8, 4) is 33.4 Å². The Morgan fingerprint density at radius 1 is 0.260 bits per heavy atom. The van der Waals surface area contributed by atoms with Crippen LogP contribution in [0.15, 0.2) is 170 Å². The number of hydrogen-bond donors (Lipinski definition) is 0. The van der Waals surface area contributed by atoms with Gasteiger partial charge < -0.3 is 0 Å². The van der Waals surface area contributed by atoms with E-state index in [9.17, 15) is 0 Å². The highest BCUT2D eigenvalue weighted by molar-refractivity contribution is 7.27. The average Bonchev–Trinajstić information content (AvgIpc) is 3.72. The van der Waals surface area contributed by atoms with Crippen LogP contribution in [0.2, 0.25) is 0 Å². The first-order chi connectivity index (χ1) is 24.8. The fraction of sp³-hybridized carbons (Fsp3) is 0. The molecule has 0 atom stereocenters. The van der Waals surface area contributed by atoms with Crippen molar-refractivity contribution in [2.75, 3.05) is 0 Å². The van der Waals surface area contributed by atoms with E-state index in [1.54, 1.807) is 0 Å². The van der Waals surface area contributed by atoms with Crippen LogP contribution in [0.25, 0.3) is 106 Å². The standard InChI is InChI=1S/C48H28S2/c1-2-15-33-29(11-1)12-10-21-36(33)48-39-19-5-3-17-37(39)47(38-18-4-6-20-40(38)48)32-14-9-13-30(25-32)31-23-24-35-42-28-45-41(27-46(42)50-44(35)26-31)34-16-7-8-22-43(34)49-45/h1-28H. The second-order valence-electron chi connectivity index (χ2n) is 13.2. The van der Waals surface area contributed by atoms with Crippen molar-refractivity contribution in [2.24, 2.45) is 0 Å². The van der Waals surface area contributed by atoms with Crippen molar-refractivity contribution in [1.29, 1.82) is 0 Å². The second kappa shape index (κ2) is 10.9. The minimum Gasteiger partial charge on any atom is -0.135 e. The molecule has 2 heterocycles. The van der Waals surface area contributed by atoms with Crippen LogP contribution in [-0.4, -0.2) is 0 Å². The van der Waals surface area contributed by atoms with Gasteiger partial charge in [-0.1, -0.05) is 140 Å². The molecule has 0 aliphatic rings. The molecule has 0 amide bonds. The number of fused-ring (bicyclic) bond motifs is 9. The molecule has 0 N–H and O–H groups in total. The van der Waals surface area contributed by atoms with Gasteiger partial charge in [-0.15, -0.1) is 22.7 Å². The molecule has 0 bridgehead atoms. The Kier molecular flexibility index (Phi) is 6.09. The topological polar surface area (TPSA) is 0 Å². The first-order valence-electron chi connectivity index (χ1n) is 17.1. The van der Waals surface area contributed by atoms with Gasteiger partial charge >= 0.3 is 0 Å². The van der Waals surface area contributed by atoms with Gasteiger partial charge in [0.15, 0.2) is 0 Å². The lowest BCUT2D eigenvalue weighted by atomic mass is 9.84. The van der Waals surface area contributed by atoms with Crippen molar-refractivity contribution < 1.29 is 0 Å². The van der Waals surface area contributed by atoms with Crippen LogP contribution in [-0.2, 0) is 0 Å². The Hall–Kier alpha value is -5.80. The Morgan fingerprint density at radius 2 is 0.760 bits per heavy atom. The summed E-state index contributed by atoms with van der Waals surface area (Å²) in [7, 11) is 0. The van der Waals surface area contributed by atoms with Crippen molar-refractivity contribution in [3.05, 3.63) is 170 Å². The third kappa shape index (κ3) is 4.16. The average molecular weight is 669 g/mol. The zero-order valence-corrected chi connectivity index (χ0v) is 28.6. The second-order valence-corrected chi connectivity index (χ2v) is 15.4. The van der Waals surface area contributed by atoms with Gasteiger partial charge in [0.1, 0.15) is 0 Å². The predicted octanol–water partition coefficient (Wildman–Crippen LogP) is 14.9. The Labute approximate surface area is 297 Å². The zero-order chi connectivity index (χ0) is 32.8. The summed E-state index contributed by atoms with van der Waals surface area (Å²) in [6.45, 7) is 0. The highest BCUT2D eigenvalue weighted by Crippen LogP contribution is 2.46. The molecular formula is C48H28S2. The van der Waals surface area contributed by atoms with Crippen LogP contribution in [0.1, 0.15) is 0 Å². The summed E-state index contributed by atoms with van der Waals surface area (Å²) in [6, 6.07) is 63.1. The van der Waals surface area contributed by atoms with Gasteiger partial charge in [-0.2, -0.15) is 0 Å². The van der Waals surface area contributed by atoms with Gasteiger partial charge in [0.05, 0.1) is 0 Å². The molecule has 11 rings (SSSR count). The first kappa shape index (κ1) is 28.1. The largest absolute Gasteiger partial charge is 0.135 e. The monoisotopic (exact) mass is 668 g/mol. The van der Waals surface area contributed by atoms with Gasteiger partial charge in [0.25, 0.3) is 0 Å². The van der Waals surface area contributed by atoms with Gasteiger partial charge in [-0.25, -0.2) is 0 Å². The van der Waals surface area contributed by atoms with E-state index < -0.39 is 0 Å². The molecule has 0 fully saturated rings. The lowest BCUT2D eigenvalue weighted by Gasteiger charge is -2.19. The summed E-state index contributed by atoms with van der Waals surface area (Å²) >= 11 is 3.80. The van der Waals surface area contributed by atoms with Crippen molar-refractivity contribution in [1.82, 2.24) is 0 Å². The predicted molar refractivity (Wildman–Crippen MR) is 221 cm³/mol. The molecule has 0 radical (unpaired) electrons. The molecule has 0 aliphatic heterocycles. The van der Waals surface area contributed by atoms with E-state index in [4.69, 9.17) is 0 Å². The molecule has 9 aromatic carbocycles. The Balaban J connectivity index is 1.10. The normalized spacial score (nSPS) is 12.0. The molecule has 232 valence electrons. The smallest absolute Gasteiger partial charge is 0.0362 e. The van der Waals surface area contributed by atoms with Crippen LogP contribution in [0, 0.1) is 0 Å². The summed E-state index contributed by atoms with van der Waals surface area (Å²) in [5.74, 6) is 0. The van der Waals surface area contributed by atoms with Crippen LogP contribution in [0.5, 0.6) is 0 Å². The summed E-state index contributed by atoms with van der Waals surface area (Å²) in [5.41, 5.74) is 7.59. The van der Waals surface area contributed by atoms with Crippen LogP contribution in [0.4, 0.5) is 0 Å². The molecule has 0 nitrogen and oxygen atoms in total. The molecule has 0 aliphatic carbocycles. The fourth-order valence-electron chi connectivity index (χ4n) is 8.20. The van der Waals surface area contributed by atoms with E-state index in [-0.39, 0.29) is 0 Å². The molecular weight excluding hydrogens is 641 g/mol. The Bertz CT molecular complexity index is 3090. The molecule has 0 unspecified atom stereocenters. The van der Waals surface area contributed by atoms with Crippen LogP contribution in [0.3, 0.4) is 0 Å². The van der Waals surface area contributed by atoms with Gasteiger partial charge in [0.2, 0.25) is 0 Å². The third-order valence-corrected chi connectivity index (χ3v) is 12.7. The van der Waals surface area contributed by atoms with Crippen molar-refractivity contribution in [3.63, 3.8) is 0 Å². The third-order valence-electron chi connectivity index (χ3n) is 10.4. The maximum absolute atomic E-state index is 2.41. The minimum atomic E-state index is 1.24.